The lowest BCUT2D eigenvalue weighted by atomic mass is 10.2. The van der Waals surface area contributed by atoms with Gasteiger partial charge in [0.25, 0.3) is 0 Å². The van der Waals surface area contributed by atoms with Crippen molar-refractivity contribution in [3.8, 4) is 11.4 Å². The first-order valence-corrected chi connectivity index (χ1v) is 9.11. The molecule has 2 saturated heterocycles. The van der Waals surface area contributed by atoms with Gasteiger partial charge in [0.05, 0.1) is 19.3 Å². The second-order valence-electron chi connectivity index (χ2n) is 6.95. The predicted octanol–water partition coefficient (Wildman–Crippen LogP) is 2.51. The van der Waals surface area contributed by atoms with Crippen molar-refractivity contribution in [3.05, 3.63) is 24.2 Å². The minimum Gasteiger partial charge on any atom is -0.378 e. The number of pyridine rings is 1. The number of aromatic nitrogens is 3. The normalized spacial score (nSPS) is 22.0. The zero-order valence-corrected chi connectivity index (χ0v) is 14.9. The number of rotatable bonds is 4. The maximum atomic E-state index is 5.61. The van der Waals surface area contributed by atoms with Crippen LogP contribution < -0.4 is 4.90 Å². The molecule has 7 nitrogen and oxygen atoms in total. The molecule has 2 fully saturated rings. The Balaban J connectivity index is 1.56. The number of nitrogens with zero attached hydrogens (tertiary/aromatic N) is 5. The van der Waals surface area contributed by atoms with Gasteiger partial charge in [0.2, 0.25) is 11.7 Å². The van der Waals surface area contributed by atoms with Crippen LogP contribution in [0.4, 0.5) is 5.82 Å². The van der Waals surface area contributed by atoms with Crippen LogP contribution in [-0.4, -0.2) is 58.9 Å². The molecule has 2 aliphatic heterocycles. The molecule has 25 heavy (non-hydrogen) atoms. The van der Waals surface area contributed by atoms with E-state index in [9.17, 15) is 0 Å². The molecule has 1 unspecified atom stereocenters. The first-order valence-electron chi connectivity index (χ1n) is 9.11. The van der Waals surface area contributed by atoms with E-state index in [1.54, 1.807) is 0 Å². The smallest absolute Gasteiger partial charge is 0.244 e. The quantitative estimate of drug-likeness (QED) is 0.845. The molecule has 134 valence electrons. The van der Waals surface area contributed by atoms with Crippen LogP contribution in [0.15, 0.2) is 22.9 Å². The highest BCUT2D eigenvalue weighted by Gasteiger charge is 2.32. The molecular formula is C18H25N5O2. The van der Waals surface area contributed by atoms with Crippen molar-refractivity contribution in [3.63, 3.8) is 0 Å². The molecule has 0 amide bonds. The van der Waals surface area contributed by atoms with E-state index in [2.05, 4.69) is 33.8 Å². The fraction of sp³-hybridized carbons (Fsp3) is 0.611. The van der Waals surface area contributed by atoms with Crippen LogP contribution in [-0.2, 0) is 4.74 Å². The Bertz CT molecular complexity index is 711. The number of hydrogen-bond donors (Lipinski definition) is 0. The van der Waals surface area contributed by atoms with Crippen LogP contribution in [0.1, 0.15) is 38.6 Å². The molecule has 4 heterocycles. The van der Waals surface area contributed by atoms with Crippen molar-refractivity contribution in [2.24, 2.45) is 0 Å². The van der Waals surface area contributed by atoms with Crippen molar-refractivity contribution in [1.82, 2.24) is 20.0 Å². The van der Waals surface area contributed by atoms with E-state index in [1.807, 2.05) is 18.3 Å². The molecule has 0 saturated carbocycles. The van der Waals surface area contributed by atoms with Crippen LogP contribution in [0.5, 0.6) is 0 Å². The average molecular weight is 343 g/mol. The fourth-order valence-electron chi connectivity index (χ4n) is 3.68. The van der Waals surface area contributed by atoms with E-state index in [1.165, 1.54) is 6.42 Å². The van der Waals surface area contributed by atoms with Gasteiger partial charge in [0.1, 0.15) is 5.82 Å². The molecule has 2 aliphatic rings. The molecule has 0 aliphatic carbocycles. The van der Waals surface area contributed by atoms with Gasteiger partial charge in [-0.25, -0.2) is 4.98 Å². The Kier molecular flexibility index (Phi) is 4.67. The van der Waals surface area contributed by atoms with Crippen LogP contribution in [0.3, 0.4) is 0 Å². The maximum absolute atomic E-state index is 5.61. The molecule has 0 N–H and O–H groups in total. The lowest BCUT2D eigenvalue weighted by Crippen LogP contribution is -2.36. The van der Waals surface area contributed by atoms with Crippen LogP contribution >= 0.6 is 0 Å². The van der Waals surface area contributed by atoms with Crippen molar-refractivity contribution >= 4 is 5.82 Å². The maximum Gasteiger partial charge on any atom is 0.244 e. The average Bonchev–Trinajstić information content (AvgIpc) is 3.32. The Morgan fingerprint density at radius 1 is 1.20 bits per heavy atom. The summed E-state index contributed by atoms with van der Waals surface area (Å²) in [4.78, 5) is 13.8. The molecule has 4 rings (SSSR count). The lowest BCUT2D eigenvalue weighted by molar-refractivity contribution is 0.122. The van der Waals surface area contributed by atoms with Crippen LogP contribution in [0.25, 0.3) is 11.4 Å². The monoisotopic (exact) mass is 343 g/mol. The van der Waals surface area contributed by atoms with E-state index >= 15 is 0 Å². The summed E-state index contributed by atoms with van der Waals surface area (Å²) >= 11 is 0. The van der Waals surface area contributed by atoms with Gasteiger partial charge in [-0.3, -0.25) is 4.90 Å². The third-order valence-corrected chi connectivity index (χ3v) is 5.02. The highest BCUT2D eigenvalue weighted by molar-refractivity contribution is 5.59. The Labute approximate surface area is 148 Å². The van der Waals surface area contributed by atoms with Crippen LogP contribution in [0.2, 0.25) is 0 Å². The second-order valence-corrected chi connectivity index (χ2v) is 6.95. The number of likely N-dealkylation sites (tertiary alicyclic amines) is 1. The number of morpholine rings is 1. The third kappa shape index (κ3) is 3.39. The van der Waals surface area contributed by atoms with E-state index in [4.69, 9.17) is 14.2 Å². The highest BCUT2D eigenvalue weighted by atomic mass is 16.5. The molecular weight excluding hydrogens is 318 g/mol. The van der Waals surface area contributed by atoms with Crippen molar-refractivity contribution in [1.29, 1.82) is 0 Å². The van der Waals surface area contributed by atoms with Crippen molar-refractivity contribution in [2.45, 2.75) is 38.8 Å². The molecule has 0 radical (unpaired) electrons. The minimum atomic E-state index is 0.238. The third-order valence-electron chi connectivity index (χ3n) is 5.02. The summed E-state index contributed by atoms with van der Waals surface area (Å²) in [7, 11) is 0. The van der Waals surface area contributed by atoms with Crippen molar-refractivity contribution < 1.29 is 9.26 Å². The van der Waals surface area contributed by atoms with Gasteiger partial charge >= 0.3 is 0 Å². The standard InChI is InChI=1S/C18H25N5O2/c1-13(2)23-7-3-4-15(23)18-20-17(21-25-18)14-5-6-19-16(12-14)22-8-10-24-11-9-22/h5-6,12-13,15H,3-4,7-11H2,1-2H3. The summed E-state index contributed by atoms with van der Waals surface area (Å²) in [5.41, 5.74) is 0.945. The van der Waals surface area contributed by atoms with Gasteiger partial charge in [-0.2, -0.15) is 4.98 Å². The van der Waals surface area contributed by atoms with Gasteiger partial charge in [-0.15, -0.1) is 0 Å². The van der Waals surface area contributed by atoms with Gasteiger partial charge in [-0.05, 0) is 45.4 Å². The first-order chi connectivity index (χ1) is 12.2. The Hall–Kier alpha value is -1.99. The fourth-order valence-corrected chi connectivity index (χ4v) is 3.68. The molecule has 7 heteroatoms. The number of ether oxygens (including phenoxy) is 1. The molecule has 0 aromatic carbocycles. The summed E-state index contributed by atoms with van der Waals surface area (Å²) in [6.07, 6.45) is 4.07. The second kappa shape index (κ2) is 7.09. The summed E-state index contributed by atoms with van der Waals surface area (Å²) in [6.45, 7) is 8.73. The summed E-state index contributed by atoms with van der Waals surface area (Å²) in [5.74, 6) is 2.31. The molecule has 0 bridgehead atoms. The number of hydrogen-bond acceptors (Lipinski definition) is 7. The minimum absolute atomic E-state index is 0.238. The predicted molar refractivity (Wildman–Crippen MR) is 94.4 cm³/mol. The van der Waals surface area contributed by atoms with E-state index in [0.717, 1.165) is 56.5 Å². The van der Waals surface area contributed by atoms with Gasteiger partial charge in [0.15, 0.2) is 0 Å². The molecule has 2 aromatic heterocycles. The largest absolute Gasteiger partial charge is 0.378 e. The zero-order valence-electron chi connectivity index (χ0n) is 14.9. The molecule has 0 spiro atoms. The highest BCUT2D eigenvalue weighted by Crippen LogP contribution is 2.33. The lowest BCUT2D eigenvalue weighted by Gasteiger charge is -2.27. The van der Waals surface area contributed by atoms with Gasteiger partial charge in [0, 0.05) is 30.9 Å². The molecule has 1 atom stereocenters. The SMILES string of the molecule is CC(C)N1CCCC1c1nc(-c2ccnc(N3CCOCC3)c2)no1. The Morgan fingerprint density at radius 2 is 2.04 bits per heavy atom. The van der Waals surface area contributed by atoms with E-state index in [-0.39, 0.29) is 6.04 Å². The topological polar surface area (TPSA) is 67.5 Å². The van der Waals surface area contributed by atoms with E-state index < -0.39 is 0 Å². The number of anilines is 1. The summed E-state index contributed by atoms with van der Waals surface area (Å²) in [5, 5.41) is 4.23. The Morgan fingerprint density at radius 3 is 2.84 bits per heavy atom. The van der Waals surface area contributed by atoms with Gasteiger partial charge < -0.3 is 14.2 Å². The first kappa shape index (κ1) is 16.5. The molecule has 2 aromatic rings. The van der Waals surface area contributed by atoms with Crippen LogP contribution in [0, 0.1) is 0 Å². The van der Waals surface area contributed by atoms with Gasteiger partial charge in [-0.1, -0.05) is 5.16 Å². The van der Waals surface area contributed by atoms with E-state index in [0.29, 0.717) is 11.9 Å². The summed E-state index contributed by atoms with van der Waals surface area (Å²) in [6, 6.07) is 4.70. The zero-order chi connectivity index (χ0) is 17.2. The van der Waals surface area contributed by atoms with Crippen molar-refractivity contribution in [2.75, 3.05) is 37.7 Å². The summed E-state index contributed by atoms with van der Waals surface area (Å²) < 4.78 is 11.0.